The van der Waals surface area contributed by atoms with Crippen LogP contribution in [0.4, 0.5) is 0 Å². The van der Waals surface area contributed by atoms with Gasteiger partial charge in [-0.15, -0.1) is 0 Å². The van der Waals surface area contributed by atoms with Crippen molar-refractivity contribution >= 4 is 17.8 Å². The van der Waals surface area contributed by atoms with Gasteiger partial charge in [-0.05, 0) is 50.9 Å². The lowest BCUT2D eigenvalue weighted by atomic mass is 9.84. The van der Waals surface area contributed by atoms with E-state index in [-0.39, 0.29) is 41.4 Å². The molecule has 7 heteroatoms. The molecule has 0 aromatic heterocycles. The van der Waals surface area contributed by atoms with Gasteiger partial charge >= 0.3 is 5.97 Å². The normalized spacial score (nSPS) is 22.2. The van der Waals surface area contributed by atoms with Crippen LogP contribution in [0.25, 0.3) is 0 Å². The Labute approximate surface area is 201 Å². The molecule has 1 saturated heterocycles. The zero-order chi connectivity index (χ0) is 25.7. The second-order valence-corrected chi connectivity index (χ2v) is 11.3. The van der Waals surface area contributed by atoms with Gasteiger partial charge in [0, 0.05) is 25.2 Å². The maximum Gasteiger partial charge on any atom is 0.331 e. The molecule has 1 heterocycles. The van der Waals surface area contributed by atoms with Gasteiger partial charge in [0.25, 0.3) is 0 Å². The second-order valence-electron chi connectivity index (χ2n) is 11.3. The highest BCUT2D eigenvalue weighted by molar-refractivity contribution is 5.91. The Hall–Kier alpha value is -1.89. The van der Waals surface area contributed by atoms with Crippen LogP contribution in [0.1, 0.15) is 81.6 Å². The van der Waals surface area contributed by atoms with E-state index >= 15 is 0 Å². The molecule has 0 aliphatic carbocycles. The molecule has 1 rings (SSSR count). The van der Waals surface area contributed by atoms with Crippen LogP contribution in [0.2, 0.25) is 0 Å². The molecule has 1 fully saturated rings. The standard InChI is InChI=1S/C26H47N3O4/c1-11-19-12-13-20(29(15-19)17(4)5)23(30)27-22(26(7,8)9)24(31)28(10)21(16(2)3)14-18(6)25(32)33/h14,16-17,19-22H,11-13,15H2,1-10H3,(H,27,30)(H,32,33)/b18-14+/t19-,20?,21-,22-/m1/s1. The van der Waals surface area contributed by atoms with Gasteiger partial charge in [-0.1, -0.05) is 54.0 Å². The number of carbonyl (C=O) groups is 3. The number of rotatable bonds is 9. The van der Waals surface area contributed by atoms with Crippen molar-refractivity contribution in [3.8, 4) is 0 Å². The lowest BCUT2D eigenvalue weighted by Crippen LogP contribution is -2.61. The number of likely N-dealkylation sites (N-methyl/N-ethyl adjacent to an activating group) is 1. The average Bonchev–Trinajstić information content (AvgIpc) is 2.72. The largest absolute Gasteiger partial charge is 0.478 e. The highest BCUT2D eigenvalue weighted by atomic mass is 16.4. The van der Waals surface area contributed by atoms with Crippen LogP contribution < -0.4 is 5.32 Å². The Morgan fingerprint density at radius 1 is 1.15 bits per heavy atom. The van der Waals surface area contributed by atoms with Gasteiger partial charge in [0.2, 0.25) is 11.8 Å². The van der Waals surface area contributed by atoms with Crippen LogP contribution >= 0.6 is 0 Å². The third kappa shape index (κ3) is 7.83. The quantitative estimate of drug-likeness (QED) is 0.504. The molecule has 0 aromatic carbocycles. The van der Waals surface area contributed by atoms with E-state index in [4.69, 9.17) is 0 Å². The minimum atomic E-state index is -1.00. The monoisotopic (exact) mass is 465 g/mol. The Kier molecular flexibility index (Phi) is 10.6. The fourth-order valence-corrected chi connectivity index (χ4v) is 4.58. The summed E-state index contributed by atoms with van der Waals surface area (Å²) in [6, 6.07) is -1.10. The van der Waals surface area contributed by atoms with Crippen LogP contribution in [0.5, 0.6) is 0 Å². The minimum absolute atomic E-state index is 0.0188. The van der Waals surface area contributed by atoms with Crippen molar-refractivity contribution in [3.05, 3.63) is 11.6 Å². The topological polar surface area (TPSA) is 90.0 Å². The molecule has 0 radical (unpaired) electrons. The fourth-order valence-electron chi connectivity index (χ4n) is 4.58. The zero-order valence-electron chi connectivity index (χ0n) is 22.4. The molecule has 0 aromatic rings. The fraction of sp³-hybridized carbons (Fsp3) is 0.808. The third-order valence-electron chi connectivity index (χ3n) is 6.90. The summed E-state index contributed by atoms with van der Waals surface area (Å²) in [6.07, 6.45) is 4.53. The molecular formula is C26H47N3O4. The Bertz CT molecular complexity index is 724. The highest BCUT2D eigenvalue weighted by Crippen LogP contribution is 2.28. The molecule has 7 nitrogen and oxygen atoms in total. The molecule has 33 heavy (non-hydrogen) atoms. The SMILES string of the molecule is CC[C@@H]1CCC(C(=O)N[C@H](C(=O)N(C)[C@H](/C=C(\C)C(=O)O)C(C)C)C(C)(C)C)N(C(C)C)C1. The van der Waals surface area contributed by atoms with Crippen LogP contribution in [-0.2, 0) is 14.4 Å². The van der Waals surface area contributed by atoms with Gasteiger partial charge in [-0.2, -0.15) is 0 Å². The number of carbonyl (C=O) groups excluding carboxylic acids is 2. The van der Waals surface area contributed by atoms with Gasteiger partial charge in [-0.25, -0.2) is 4.79 Å². The van der Waals surface area contributed by atoms with Crippen molar-refractivity contribution in [1.29, 1.82) is 0 Å². The lowest BCUT2D eigenvalue weighted by Gasteiger charge is -2.43. The van der Waals surface area contributed by atoms with Gasteiger partial charge in [0.15, 0.2) is 0 Å². The highest BCUT2D eigenvalue weighted by Gasteiger charge is 2.40. The molecule has 4 atom stereocenters. The number of carboxylic acids is 1. The molecule has 190 valence electrons. The summed E-state index contributed by atoms with van der Waals surface area (Å²) in [5.41, 5.74) is -0.304. The predicted molar refractivity (Wildman–Crippen MR) is 133 cm³/mol. The predicted octanol–water partition coefficient (Wildman–Crippen LogP) is 3.93. The molecule has 2 N–H and O–H groups in total. The van der Waals surface area contributed by atoms with Crippen molar-refractivity contribution in [3.63, 3.8) is 0 Å². The maximum absolute atomic E-state index is 13.6. The van der Waals surface area contributed by atoms with Crippen LogP contribution in [-0.4, -0.2) is 70.4 Å². The van der Waals surface area contributed by atoms with Crippen molar-refractivity contribution in [1.82, 2.24) is 15.1 Å². The summed E-state index contributed by atoms with van der Waals surface area (Å²) in [5.74, 6) is -0.691. The van der Waals surface area contributed by atoms with Gasteiger partial charge in [0.05, 0.1) is 12.1 Å². The first-order valence-electron chi connectivity index (χ1n) is 12.4. The Morgan fingerprint density at radius 2 is 1.73 bits per heavy atom. The smallest absolute Gasteiger partial charge is 0.331 e. The summed E-state index contributed by atoms with van der Waals surface area (Å²) in [5, 5.41) is 12.4. The number of hydrogen-bond donors (Lipinski definition) is 2. The van der Waals surface area contributed by atoms with Gasteiger partial charge < -0.3 is 15.3 Å². The van der Waals surface area contributed by atoms with E-state index in [1.165, 1.54) is 6.92 Å². The van der Waals surface area contributed by atoms with Gasteiger partial charge in [-0.3, -0.25) is 14.5 Å². The summed E-state index contributed by atoms with van der Waals surface area (Å²) < 4.78 is 0. The number of piperidine rings is 1. The first kappa shape index (κ1) is 29.1. The van der Waals surface area contributed by atoms with E-state index in [0.717, 1.165) is 25.8 Å². The molecule has 0 spiro atoms. The van der Waals surface area contributed by atoms with E-state index in [9.17, 15) is 19.5 Å². The molecule has 1 aliphatic heterocycles. The second kappa shape index (κ2) is 12.0. The average molecular weight is 466 g/mol. The summed E-state index contributed by atoms with van der Waals surface area (Å²) in [4.78, 5) is 42.3. The molecule has 2 amide bonds. The van der Waals surface area contributed by atoms with E-state index in [1.807, 2.05) is 34.6 Å². The van der Waals surface area contributed by atoms with Crippen molar-refractivity contribution in [2.24, 2.45) is 17.3 Å². The number of hydrogen-bond acceptors (Lipinski definition) is 4. The Morgan fingerprint density at radius 3 is 2.15 bits per heavy atom. The first-order chi connectivity index (χ1) is 15.1. The minimum Gasteiger partial charge on any atom is -0.478 e. The summed E-state index contributed by atoms with van der Waals surface area (Å²) in [7, 11) is 1.69. The molecule has 1 aliphatic rings. The van der Waals surface area contributed by atoms with Crippen LogP contribution in [0.3, 0.4) is 0 Å². The summed E-state index contributed by atoms with van der Waals surface area (Å²) in [6.45, 7) is 18.6. The lowest BCUT2D eigenvalue weighted by molar-refractivity contribution is -0.142. The number of likely N-dealkylation sites (tertiary alicyclic amines) is 1. The van der Waals surface area contributed by atoms with E-state index < -0.39 is 17.4 Å². The molecular weight excluding hydrogens is 418 g/mol. The molecule has 1 unspecified atom stereocenters. The van der Waals surface area contributed by atoms with Gasteiger partial charge in [0.1, 0.15) is 6.04 Å². The van der Waals surface area contributed by atoms with Crippen molar-refractivity contribution in [2.45, 2.75) is 106 Å². The molecule has 0 saturated carbocycles. The number of nitrogens with zero attached hydrogens (tertiary/aromatic N) is 2. The van der Waals surface area contributed by atoms with Crippen LogP contribution in [0, 0.1) is 17.3 Å². The van der Waals surface area contributed by atoms with Crippen LogP contribution in [0.15, 0.2) is 11.6 Å². The van der Waals surface area contributed by atoms with Crippen molar-refractivity contribution < 1.29 is 19.5 Å². The van der Waals surface area contributed by atoms with Crippen molar-refractivity contribution in [2.75, 3.05) is 13.6 Å². The molecule has 0 bridgehead atoms. The summed E-state index contributed by atoms with van der Waals surface area (Å²) >= 11 is 0. The van der Waals surface area contributed by atoms with E-state index in [2.05, 4.69) is 31.0 Å². The number of carboxylic acid groups (broad SMARTS) is 1. The Balaban J connectivity index is 3.17. The number of aliphatic carboxylic acids is 1. The number of nitrogens with one attached hydrogen (secondary N) is 1. The first-order valence-corrected chi connectivity index (χ1v) is 12.4. The van der Waals surface area contributed by atoms with E-state index in [0.29, 0.717) is 5.92 Å². The zero-order valence-corrected chi connectivity index (χ0v) is 22.4. The number of amides is 2. The third-order valence-corrected chi connectivity index (χ3v) is 6.90. The van der Waals surface area contributed by atoms with E-state index in [1.54, 1.807) is 18.0 Å². The maximum atomic E-state index is 13.6.